The van der Waals surface area contributed by atoms with Crippen molar-refractivity contribution >= 4 is 22.7 Å². The van der Waals surface area contributed by atoms with Crippen LogP contribution in [0.2, 0.25) is 0 Å². The molecule has 1 aromatic heterocycles. The molecular weight excluding hydrogens is 430 g/mol. The van der Waals surface area contributed by atoms with E-state index in [9.17, 15) is 27.2 Å². The number of halogens is 4. The summed E-state index contributed by atoms with van der Waals surface area (Å²) in [6.45, 7) is 0.694. The molecule has 3 aromatic rings. The van der Waals surface area contributed by atoms with E-state index in [4.69, 9.17) is 0 Å². The van der Waals surface area contributed by atoms with Crippen LogP contribution in [0.25, 0.3) is 10.9 Å². The van der Waals surface area contributed by atoms with Gasteiger partial charge in [0, 0.05) is 29.6 Å². The summed E-state index contributed by atoms with van der Waals surface area (Å²) in [6, 6.07) is 10.3. The molecule has 2 atom stereocenters. The fourth-order valence-corrected chi connectivity index (χ4v) is 4.50. The number of likely N-dealkylation sites (tertiary alicyclic amines) is 2. The Morgan fingerprint density at radius 2 is 1.59 bits per heavy atom. The molecule has 0 saturated carbocycles. The fourth-order valence-electron chi connectivity index (χ4n) is 4.50. The molecule has 2 fully saturated rings. The van der Waals surface area contributed by atoms with Gasteiger partial charge in [-0.3, -0.25) is 9.59 Å². The largest absolute Gasteiger partial charge is 0.573 e. The number of ether oxygens (including phenoxy) is 1. The molecule has 2 amide bonds. The van der Waals surface area contributed by atoms with Gasteiger partial charge in [0.1, 0.15) is 17.3 Å². The van der Waals surface area contributed by atoms with Crippen LogP contribution in [0.1, 0.15) is 27.3 Å². The van der Waals surface area contributed by atoms with Crippen molar-refractivity contribution < 1.29 is 31.9 Å². The van der Waals surface area contributed by atoms with E-state index in [1.54, 1.807) is 21.9 Å². The minimum absolute atomic E-state index is 0.160. The monoisotopic (exact) mass is 447 g/mol. The zero-order chi connectivity index (χ0) is 22.6. The highest BCUT2D eigenvalue weighted by molar-refractivity contribution is 5.99. The van der Waals surface area contributed by atoms with Gasteiger partial charge >= 0.3 is 6.36 Å². The molecular formula is C22H17F4N3O3. The van der Waals surface area contributed by atoms with Crippen molar-refractivity contribution in [1.29, 1.82) is 0 Å². The average molecular weight is 447 g/mol. The number of piperazine rings is 1. The fraction of sp³-hybridized carbons (Fsp3) is 0.273. The number of carbonyl (C=O) groups excluding carboxylic acids is 2. The molecule has 2 aliphatic heterocycles. The van der Waals surface area contributed by atoms with E-state index >= 15 is 0 Å². The predicted octanol–water partition coefficient (Wildman–Crippen LogP) is 3.94. The average Bonchev–Trinajstić information content (AvgIpc) is 3.45. The number of fused-ring (bicyclic) bond motifs is 3. The van der Waals surface area contributed by atoms with Gasteiger partial charge in [0.2, 0.25) is 0 Å². The van der Waals surface area contributed by atoms with E-state index in [1.807, 2.05) is 0 Å². The highest BCUT2D eigenvalue weighted by Crippen LogP contribution is 2.33. The lowest BCUT2D eigenvalue weighted by molar-refractivity contribution is -0.274. The van der Waals surface area contributed by atoms with Crippen molar-refractivity contribution in [3.8, 4) is 5.75 Å². The molecule has 5 rings (SSSR count). The van der Waals surface area contributed by atoms with Crippen LogP contribution in [-0.2, 0) is 0 Å². The molecule has 2 saturated heterocycles. The van der Waals surface area contributed by atoms with Crippen LogP contribution in [0, 0.1) is 5.82 Å². The Kier molecular flexibility index (Phi) is 4.61. The number of aromatic amines is 1. The molecule has 0 unspecified atom stereocenters. The second kappa shape index (κ2) is 7.25. The number of benzene rings is 2. The van der Waals surface area contributed by atoms with Crippen molar-refractivity contribution in [3.05, 3.63) is 65.6 Å². The Hall–Kier alpha value is -3.56. The summed E-state index contributed by atoms with van der Waals surface area (Å²) in [6.07, 6.45) is -4.17. The van der Waals surface area contributed by atoms with E-state index < -0.39 is 12.1 Å². The van der Waals surface area contributed by atoms with Crippen molar-refractivity contribution in [1.82, 2.24) is 14.8 Å². The quantitative estimate of drug-likeness (QED) is 0.619. The molecule has 2 aromatic carbocycles. The third-order valence-corrected chi connectivity index (χ3v) is 5.91. The molecule has 2 bridgehead atoms. The third kappa shape index (κ3) is 3.65. The first-order valence-corrected chi connectivity index (χ1v) is 9.94. The van der Waals surface area contributed by atoms with Gasteiger partial charge in [0.25, 0.3) is 11.8 Å². The van der Waals surface area contributed by atoms with Crippen molar-refractivity contribution in [3.63, 3.8) is 0 Å². The highest BCUT2D eigenvalue weighted by atomic mass is 19.4. The number of H-pyrrole nitrogens is 1. The summed E-state index contributed by atoms with van der Waals surface area (Å²) >= 11 is 0. The highest BCUT2D eigenvalue weighted by Gasteiger charge is 2.47. The van der Waals surface area contributed by atoms with Gasteiger partial charge in [-0.05, 0) is 55.0 Å². The maximum absolute atomic E-state index is 13.4. The summed E-state index contributed by atoms with van der Waals surface area (Å²) in [5.41, 5.74) is 1.27. The molecule has 6 nitrogen and oxygen atoms in total. The van der Waals surface area contributed by atoms with Gasteiger partial charge in [0.05, 0.1) is 12.1 Å². The molecule has 10 heteroatoms. The minimum atomic E-state index is -4.80. The number of carbonyl (C=O) groups is 2. The normalized spacial score (nSPS) is 20.2. The van der Waals surface area contributed by atoms with Gasteiger partial charge < -0.3 is 19.5 Å². The first-order chi connectivity index (χ1) is 15.2. The number of hydrogen-bond donors (Lipinski definition) is 1. The molecule has 2 aliphatic rings. The lowest BCUT2D eigenvalue weighted by Gasteiger charge is -2.34. The zero-order valence-corrected chi connectivity index (χ0v) is 16.5. The van der Waals surface area contributed by atoms with Crippen molar-refractivity contribution in [2.24, 2.45) is 0 Å². The minimum Gasteiger partial charge on any atom is -0.406 e. The molecule has 3 heterocycles. The topological polar surface area (TPSA) is 65.6 Å². The number of aromatic nitrogens is 1. The molecule has 0 radical (unpaired) electrons. The Morgan fingerprint density at radius 3 is 2.22 bits per heavy atom. The summed E-state index contributed by atoms with van der Waals surface area (Å²) in [5.74, 6) is -1.30. The van der Waals surface area contributed by atoms with Crippen molar-refractivity contribution in [2.75, 3.05) is 13.1 Å². The first kappa shape index (κ1) is 20.3. The van der Waals surface area contributed by atoms with E-state index in [0.29, 0.717) is 36.1 Å². The van der Waals surface area contributed by atoms with Crippen LogP contribution in [0.4, 0.5) is 17.6 Å². The second-order valence-corrected chi connectivity index (χ2v) is 7.95. The number of rotatable bonds is 3. The smallest absolute Gasteiger partial charge is 0.406 e. The molecule has 0 aliphatic carbocycles. The lowest BCUT2D eigenvalue weighted by atomic mass is 10.1. The summed E-state index contributed by atoms with van der Waals surface area (Å²) in [5, 5.41) is 0.604. The number of hydrogen-bond acceptors (Lipinski definition) is 3. The second-order valence-electron chi connectivity index (χ2n) is 7.95. The molecule has 32 heavy (non-hydrogen) atoms. The van der Waals surface area contributed by atoms with Crippen LogP contribution in [-0.4, -0.2) is 58.1 Å². The van der Waals surface area contributed by atoms with Gasteiger partial charge in [-0.15, -0.1) is 13.2 Å². The predicted molar refractivity (Wildman–Crippen MR) is 106 cm³/mol. The van der Waals surface area contributed by atoms with E-state index in [0.717, 1.165) is 12.1 Å². The van der Waals surface area contributed by atoms with Gasteiger partial charge in [-0.25, -0.2) is 4.39 Å². The van der Waals surface area contributed by atoms with Gasteiger partial charge in [0.15, 0.2) is 0 Å². The van der Waals surface area contributed by atoms with Crippen LogP contribution in [0.15, 0.2) is 48.5 Å². The number of nitrogens with one attached hydrogen (secondary N) is 1. The number of amides is 2. The number of nitrogens with zero attached hydrogens (tertiary/aromatic N) is 2. The SMILES string of the molecule is O=C(c1ccc(OC(F)(F)F)cc1)N1C[C@@H]2C[C@H]1CN2C(=O)c1cc2cc(F)ccc2[nH]1. The van der Waals surface area contributed by atoms with Crippen LogP contribution in [0.5, 0.6) is 5.75 Å². The van der Waals surface area contributed by atoms with Crippen LogP contribution >= 0.6 is 0 Å². The standard InChI is InChI=1S/C22H17F4N3O3/c23-14-3-6-18-13(7-14)8-19(27-18)21(31)29-11-15-9-16(29)10-28(15)20(30)12-1-4-17(5-2-12)32-22(24,25)26/h1-8,15-16,27H,9-11H2/t15-,16-/m0/s1. The van der Waals surface area contributed by atoms with E-state index in [2.05, 4.69) is 9.72 Å². The van der Waals surface area contributed by atoms with E-state index in [1.165, 1.54) is 24.3 Å². The number of alkyl halides is 3. The van der Waals surface area contributed by atoms with E-state index in [-0.39, 0.29) is 35.3 Å². The Bertz CT molecular complexity index is 1210. The Balaban J connectivity index is 1.26. The Labute approximate surface area is 179 Å². The lowest BCUT2D eigenvalue weighted by Crippen LogP contribution is -2.50. The molecule has 1 N–H and O–H groups in total. The summed E-state index contributed by atoms with van der Waals surface area (Å²) in [4.78, 5) is 32.2. The molecule has 0 spiro atoms. The first-order valence-electron chi connectivity index (χ1n) is 9.94. The van der Waals surface area contributed by atoms with Crippen molar-refractivity contribution in [2.45, 2.75) is 24.9 Å². The summed E-state index contributed by atoms with van der Waals surface area (Å²) in [7, 11) is 0. The Morgan fingerprint density at radius 1 is 0.938 bits per heavy atom. The zero-order valence-electron chi connectivity index (χ0n) is 16.5. The van der Waals surface area contributed by atoms with Crippen LogP contribution < -0.4 is 4.74 Å². The maximum Gasteiger partial charge on any atom is 0.573 e. The maximum atomic E-state index is 13.4. The van der Waals surface area contributed by atoms with Crippen LogP contribution in [0.3, 0.4) is 0 Å². The summed E-state index contributed by atoms with van der Waals surface area (Å²) < 4.78 is 54.2. The van der Waals surface area contributed by atoms with Gasteiger partial charge in [-0.2, -0.15) is 0 Å². The van der Waals surface area contributed by atoms with Gasteiger partial charge in [-0.1, -0.05) is 0 Å². The third-order valence-electron chi connectivity index (χ3n) is 5.91. The molecule has 166 valence electrons.